The molecule has 0 aromatic rings. The van der Waals surface area contributed by atoms with Gasteiger partial charge in [-0.25, -0.2) is 8.42 Å². The van der Waals surface area contributed by atoms with Gasteiger partial charge in [-0.15, -0.1) is 0 Å². The van der Waals surface area contributed by atoms with Crippen LogP contribution in [0.2, 0.25) is 0 Å². The van der Waals surface area contributed by atoms with Gasteiger partial charge in [-0.2, -0.15) is 11.8 Å². The van der Waals surface area contributed by atoms with Crippen LogP contribution in [0.1, 0.15) is 20.3 Å². The normalized spacial score (nSPS) is 14.1. The number of thioether (sulfide) groups is 1. The van der Waals surface area contributed by atoms with Gasteiger partial charge >= 0.3 is 0 Å². The summed E-state index contributed by atoms with van der Waals surface area (Å²) in [6, 6.07) is 0. The highest BCUT2D eigenvalue weighted by molar-refractivity contribution is 8.00. The Bertz CT molecular complexity index is 337. The van der Waals surface area contributed by atoms with Crippen LogP contribution in [-0.2, 0) is 9.84 Å². The summed E-state index contributed by atoms with van der Waals surface area (Å²) in [5, 5.41) is 11.5. The van der Waals surface area contributed by atoms with Crippen molar-refractivity contribution in [3.05, 3.63) is 0 Å². The fourth-order valence-electron chi connectivity index (χ4n) is 0.903. The molecule has 16 heavy (non-hydrogen) atoms. The van der Waals surface area contributed by atoms with E-state index in [0.29, 0.717) is 5.75 Å². The van der Waals surface area contributed by atoms with E-state index < -0.39 is 9.84 Å². The zero-order chi connectivity index (χ0) is 12.8. The van der Waals surface area contributed by atoms with Crippen molar-refractivity contribution in [2.75, 3.05) is 23.5 Å². The average Bonchev–Trinajstić information content (AvgIpc) is 2.14. The van der Waals surface area contributed by atoms with Crippen LogP contribution in [-0.4, -0.2) is 43.0 Å². The number of hydrogen-bond acceptors (Lipinski definition) is 5. The zero-order valence-corrected chi connectivity index (χ0v) is 11.6. The van der Waals surface area contributed by atoms with Crippen LogP contribution in [0.15, 0.2) is 5.16 Å². The lowest BCUT2D eigenvalue weighted by molar-refractivity contribution is 0.307. The molecular formula is C9H20N2O3S2. The Hall–Kier alpha value is -0.430. The number of sulfone groups is 1. The first-order chi connectivity index (χ1) is 7.19. The molecule has 0 bridgehead atoms. The van der Waals surface area contributed by atoms with Gasteiger partial charge in [0, 0.05) is 17.4 Å². The Morgan fingerprint density at radius 1 is 1.44 bits per heavy atom. The van der Waals surface area contributed by atoms with Crippen LogP contribution in [0.4, 0.5) is 0 Å². The van der Waals surface area contributed by atoms with E-state index >= 15 is 0 Å². The standard InChI is InChI=1S/C9H20N2O3S2/c1-9(2,8(10)11-12)4-5-15-6-7-16(3,13)14/h12H,4-7H2,1-3H3,(H2,10,11). The molecule has 0 aromatic heterocycles. The molecule has 0 aliphatic heterocycles. The van der Waals surface area contributed by atoms with Crippen LogP contribution < -0.4 is 5.73 Å². The third kappa shape index (κ3) is 6.95. The maximum Gasteiger partial charge on any atom is 0.148 e. The van der Waals surface area contributed by atoms with Crippen molar-refractivity contribution in [3.63, 3.8) is 0 Å². The number of rotatable bonds is 7. The number of nitrogens with zero attached hydrogens (tertiary/aromatic N) is 1. The van der Waals surface area contributed by atoms with Gasteiger partial charge in [0.1, 0.15) is 15.7 Å². The van der Waals surface area contributed by atoms with E-state index in [9.17, 15) is 8.42 Å². The van der Waals surface area contributed by atoms with Gasteiger partial charge in [0.05, 0.1) is 5.75 Å². The molecule has 0 saturated heterocycles. The summed E-state index contributed by atoms with van der Waals surface area (Å²) >= 11 is 1.56. The van der Waals surface area contributed by atoms with Crippen LogP contribution in [0, 0.1) is 5.41 Å². The van der Waals surface area contributed by atoms with Gasteiger partial charge in [0.25, 0.3) is 0 Å². The average molecular weight is 268 g/mol. The minimum Gasteiger partial charge on any atom is -0.409 e. The Labute approximate surface area is 101 Å². The second-order valence-electron chi connectivity index (χ2n) is 4.36. The molecule has 0 heterocycles. The van der Waals surface area contributed by atoms with Gasteiger partial charge in [-0.1, -0.05) is 19.0 Å². The first-order valence-electron chi connectivity index (χ1n) is 4.92. The summed E-state index contributed by atoms with van der Waals surface area (Å²) in [4.78, 5) is 0. The number of hydrogen-bond donors (Lipinski definition) is 2. The van der Waals surface area contributed by atoms with Crippen molar-refractivity contribution in [2.24, 2.45) is 16.3 Å². The largest absolute Gasteiger partial charge is 0.409 e. The third-order valence-corrected chi connectivity index (χ3v) is 4.46. The number of oxime groups is 1. The van der Waals surface area contributed by atoms with Crippen LogP contribution >= 0.6 is 11.8 Å². The zero-order valence-electron chi connectivity index (χ0n) is 9.93. The van der Waals surface area contributed by atoms with Gasteiger partial charge in [-0.05, 0) is 12.2 Å². The summed E-state index contributed by atoms with van der Waals surface area (Å²) < 4.78 is 21.7. The van der Waals surface area contributed by atoms with E-state index in [2.05, 4.69) is 5.16 Å². The monoisotopic (exact) mass is 268 g/mol. The van der Waals surface area contributed by atoms with E-state index in [4.69, 9.17) is 10.9 Å². The van der Waals surface area contributed by atoms with E-state index in [1.165, 1.54) is 6.26 Å². The SMILES string of the molecule is CC(C)(CCSCCS(C)(=O)=O)C(N)=NO. The van der Waals surface area contributed by atoms with Crippen molar-refractivity contribution in [1.29, 1.82) is 0 Å². The van der Waals surface area contributed by atoms with Crippen LogP contribution in [0.25, 0.3) is 0 Å². The maximum atomic E-state index is 10.9. The fourth-order valence-corrected chi connectivity index (χ4v) is 3.44. The summed E-state index contributed by atoms with van der Waals surface area (Å²) in [6.45, 7) is 3.78. The summed E-state index contributed by atoms with van der Waals surface area (Å²) in [7, 11) is -2.87. The Morgan fingerprint density at radius 2 is 2.00 bits per heavy atom. The topological polar surface area (TPSA) is 92.8 Å². The van der Waals surface area contributed by atoms with Crippen molar-refractivity contribution >= 4 is 27.4 Å². The predicted molar refractivity (Wildman–Crippen MR) is 68.8 cm³/mol. The first-order valence-corrected chi connectivity index (χ1v) is 8.14. The summed E-state index contributed by atoms with van der Waals surface area (Å²) in [6.07, 6.45) is 1.98. The lowest BCUT2D eigenvalue weighted by Crippen LogP contribution is -2.32. The molecule has 0 amide bonds. The summed E-state index contributed by atoms with van der Waals surface area (Å²) in [5.74, 6) is 1.78. The van der Waals surface area contributed by atoms with Crippen LogP contribution in [0.3, 0.4) is 0 Å². The fraction of sp³-hybridized carbons (Fsp3) is 0.889. The molecule has 0 radical (unpaired) electrons. The van der Waals surface area contributed by atoms with Crippen molar-refractivity contribution in [1.82, 2.24) is 0 Å². The third-order valence-electron chi connectivity index (χ3n) is 2.27. The predicted octanol–water partition coefficient (Wildman–Crippen LogP) is 0.927. The molecule has 0 spiro atoms. The second-order valence-corrected chi connectivity index (χ2v) is 7.85. The van der Waals surface area contributed by atoms with Crippen molar-refractivity contribution in [2.45, 2.75) is 20.3 Å². The minimum absolute atomic E-state index is 0.196. The number of amidine groups is 1. The molecule has 0 aliphatic rings. The minimum atomic E-state index is -2.87. The molecule has 0 aromatic carbocycles. The van der Waals surface area contributed by atoms with E-state index in [1.54, 1.807) is 11.8 Å². The molecule has 0 rings (SSSR count). The highest BCUT2D eigenvalue weighted by Gasteiger charge is 2.22. The molecule has 96 valence electrons. The first kappa shape index (κ1) is 15.6. The van der Waals surface area contributed by atoms with Crippen molar-refractivity contribution in [3.8, 4) is 0 Å². The molecule has 7 heteroatoms. The van der Waals surface area contributed by atoms with E-state index in [0.717, 1.165) is 12.2 Å². The molecule has 3 N–H and O–H groups in total. The Balaban J connectivity index is 3.83. The number of nitrogens with two attached hydrogens (primary N) is 1. The molecule has 5 nitrogen and oxygen atoms in total. The molecule has 0 unspecified atom stereocenters. The van der Waals surface area contributed by atoms with E-state index in [1.807, 2.05) is 13.8 Å². The van der Waals surface area contributed by atoms with Crippen molar-refractivity contribution < 1.29 is 13.6 Å². The second kappa shape index (κ2) is 6.34. The Morgan fingerprint density at radius 3 is 2.44 bits per heavy atom. The summed E-state index contributed by atoms with van der Waals surface area (Å²) in [5.41, 5.74) is 5.18. The molecule has 0 aliphatic carbocycles. The van der Waals surface area contributed by atoms with Gasteiger partial charge < -0.3 is 10.9 Å². The highest BCUT2D eigenvalue weighted by Crippen LogP contribution is 2.22. The lowest BCUT2D eigenvalue weighted by Gasteiger charge is -2.22. The smallest absolute Gasteiger partial charge is 0.148 e. The molecule has 0 saturated carbocycles. The maximum absolute atomic E-state index is 10.9. The lowest BCUT2D eigenvalue weighted by atomic mass is 9.89. The molecular weight excluding hydrogens is 248 g/mol. The van der Waals surface area contributed by atoms with Gasteiger partial charge in [0.2, 0.25) is 0 Å². The van der Waals surface area contributed by atoms with Crippen LogP contribution in [0.5, 0.6) is 0 Å². The highest BCUT2D eigenvalue weighted by atomic mass is 32.2. The quantitative estimate of drug-likeness (QED) is 0.235. The molecule has 0 atom stereocenters. The van der Waals surface area contributed by atoms with Gasteiger partial charge in [-0.3, -0.25) is 0 Å². The van der Waals surface area contributed by atoms with Gasteiger partial charge in [0.15, 0.2) is 0 Å². The Kier molecular flexibility index (Phi) is 6.17. The molecule has 0 fully saturated rings. The van der Waals surface area contributed by atoms with E-state index in [-0.39, 0.29) is 17.0 Å².